The lowest BCUT2D eigenvalue weighted by molar-refractivity contribution is 0.0946. The van der Waals surface area contributed by atoms with Crippen LogP contribution < -0.4 is 5.32 Å². The van der Waals surface area contributed by atoms with Crippen LogP contribution >= 0.6 is 0 Å². The first-order chi connectivity index (χ1) is 7.15. The van der Waals surface area contributed by atoms with Crippen LogP contribution in [-0.2, 0) is 0 Å². The molecule has 0 bridgehead atoms. The number of aromatic amines is 1. The van der Waals surface area contributed by atoms with Crippen LogP contribution in [0.3, 0.4) is 0 Å². The first kappa shape index (κ1) is 11.7. The summed E-state index contributed by atoms with van der Waals surface area (Å²) in [6.07, 6.45) is 0.563. The quantitative estimate of drug-likeness (QED) is 0.625. The van der Waals surface area contributed by atoms with Crippen molar-refractivity contribution in [1.82, 2.24) is 15.5 Å². The summed E-state index contributed by atoms with van der Waals surface area (Å²) < 4.78 is 0. The van der Waals surface area contributed by atoms with Gasteiger partial charge in [0.15, 0.2) is 0 Å². The predicted octanol–water partition coefficient (Wildman–Crippen LogP) is 0.645. The number of rotatable bonds is 5. The molecular formula is C10H17N3O2. The summed E-state index contributed by atoms with van der Waals surface area (Å²) in [6, 6.07) is 1.75. The Morgan fingerprint density at radius 1 is 1.67 bits per heavy atom. The number of amides is 1. The fourth-order valence-corrected chi connectivity index (χ4v) is 1.12. The van der Waals surface area contributed by atoms with Gasteiger partial charge >= 0.3 is 0 Å². The van der Waals surface area contributed by atoms with E-state index in [1.165, 1.54) is 0 Å². The molecule has 0 spiro atoms. The van der Waals surface area contributed by atoms with Gasteiger partial charge in [-0.2, -0.15) is 5.10 Å². The number of carbonyl (C=O) groups is 1. The maximum Gasteiger partial charge on any atom is 0.271 e. The summed E-state index contributed by atoms with van der Waals surface area (Å²) in [5, 5.41) is 18.0. The zero-order chi connectivity index (χ0) is 11.3. The molecule has 0 unspecified atom stereocenters. The van der Waals surface area contributed by atoms with Crippen molar-refractivity contribution in [2.45, 2.75) is 26.2 Å². The average Bonchev–Trinajstić information content (AvgIpc) is 2.66. The maximum absolute atomic E-state index is 11.5. The van der Waals surface area contributed by atoms with E-state index in [1.54, 1.807) is 6.07 Å². The minimum Gasteiger partial charge on any atom is -0.396 e. The molecule has 1 heterocycles. The van der Waals surface area contributed by atoms with E-state index in [-0.39, 0.29) is 12.5 Å². The van der Waals surface area contributed by atoms with Gasteiger partial charge in [0.1, 0.15) is 5.69 Å². The van der Waals surface area contributed by atoms with E-state index in [4.69, 9.17) is 5.11 Å². The molecule has 1 rings (SSSR count). The maximum atomic E-state index is 11.5. The highest BCUT2D eigenvalue weighted by Crippen LogP contribution is 2.11. The second-order valence-electron chi connectivity index (χ2n) is 3.70. The lowest BCUT2D eigenvalue weighted by Crippen LogP contribution is -2.25. The van der Waals surface area contributed by atoms with Gasteiger partial charge < -0.3 is 10.4 Å². The lowest BCUT2D eigenvalue weighted by Gasteiger charge is -2.00. The highest BCUT2D eigenvalue weighted by atomic mass is 16.3. The Morgan fingerprint density at radius 2 is 2.40 bits per heavy atom. The summed E-state index contributed by atoms with van der Waals surface area (Å²) in [6.45, 7) is 4.61. The van der Waals surface area contributed by atoms with E-state index < -0.39 is 0 Å². The molecule has 0 aliphatic rings. The van der Waals surface area contributed by atoms with E-state index in [0.29, 0.717) is 24.6 Å². The molecule has 5 heteroatoms. The topological polar surface area (TPSA) is 78.0 Å². The first-order valence-electron chi connectivity index (χ1n) is 5.09. The summed E-state index contributed by atoms with van der Waals surface area (Å²) in [4.78, 5) is 11.5. The van der Waals surface area contributed by atoms with Gasteiger partial charge in [0.2, 0.25) is 0 Å². The summed E-state index contributed by atoms with van der Waals surface area (Å²) >= 11 is 0. The van der Waals surface area contributed by atoms with Crippen LogP contribution in [-0.4, -0.2) is 34.4 Å². The number of aromatic nitrogens is 2. The Bertz CT molecular complexity index is 320. The standard InChI is InChI=1S/C10H17N3O2/c1-7(2)8-6-9(13-12-8)10(15)11-4-3-5-14/h6-7,14H,3-5H2,1-2H3,(H,11,15)(H,12,13). The van der Waals surface area contributed by atoms with E-state index in [1.807, 2.05) is 13.8 Å². The van der Waals surface area contributed by atoms with E-state index >= 15 is 0 Å². The van der Waals surface area contributed by atoms with Gasteiger partial charge in [0.05, 0.1) is 0 Å². The minimum atomic E-state index is -0.202. The normalized spacial score (nSPS) is 10.7. The fourth-order valence-electron chi connectivity index (χ4n) is 1.12. The molecule has 1 amide bonds. The van der Waals surface area contributed by atoms with E-state index in [2.05, 4.69) is 15.5 Å². The van der Waals surface area contributed by atoms with Gasteiger partial charge in [-0.15, -0.1) is 0 Å². The third-order valence-corrected chi connectivity index (χ3v) is 2.07. The second kappa shape index (κ2) is 5.50. The largest absolute Gasteiger partial charge is 0.396 e. The van der Waals surface area contributed by atoms with Gasteiger partial charge in [-0.05, 0) is 18.4 Å². The SMILES string of the molecule is CC(C)c1cc(C(=O)NCCCO)n[nH]1. The number of nitrogens with one attached hydrogen (secondary N) is 2. The van der Waals surface area contributed by atoms with Crippen molar-refractivity contribution in [1.29, 1.82) is 0 Å². The molecule has 0 atom stereocenters. The third-order valence-electron chi connectivity index (χ3n) is 2.07. The molecule has 84 valence electrons. The number of carbonyl (C=O) groups excluding carboxylic acids is 1. The number of aliphatic hydroxyl groups excluding tert-OH is 1. The van der Waals surface area contributed by atoms with Crippen molar-refractivity contribution in [2.24, 2.45) is 0 Å². The Balaban J connectivity index is 2.51. The number of hydrogen-bond donors (Lipinski definition) is 3. The minimum absolute atomic E-state index is 0.0814. The van der Waals surface area contributed by atoms with Gasteiger partial charge in [-0.25, -0.2) is 0 Å². The van der Waals surface area contributed by atoms with Crippen LogP contribution in [0, 0.1) is 0 Å². The molecule has 0 fully saturated rings. The fraction of sp³-hybridized carbons (Fsp3) is 0.600. The second-order valence-corrected chi connectivity index (χ2v) is 3.70. The van der Waals surface area contributed by atoms with Gasteiger partial charge in [-0.3, -0.25) is 9.89 Å². The van der Waals surface area contributed by atoms with Crippen molar-refractivity contribution in [2.75, 3.05) is 13.2 Å². The summed E-state index contributed by atoms with van der Waals surface area (Å²) in [5.74, 6) is 0.128. The molecule has 0 aliphatic carbocycles. The summed E-state index contributed by atoms with van der Waals surface area (Å²) in [7, 11) is 0. The van der Waals surface area contributed by atoms with Crippen molar-refractivity contribution < 1.29 is 9.90 Å². The number of hydrogen-bond acceptors (Lipinski definition) is 3. The monoisotopic (exact) mass is 211 g/mol. The molecule has 0 radical (unpaired) electrons. The van der Waals surface area contributed by atoms with Gasteiger partial charge in [0.25, 0.3) is 5.91 Å². The zero-order valence-corrected chi connectivity index (χ0v) is 9.08. The molecular weight excluding hydrogens is 194 g/mol. The molecule has 1 aromatic heterocycles. The zero-order valence-electron chi connectivity index (χ0n) is 9.08. The van der Waals surface area contributed by atoms with Crippen LogP contribution in [0.5, 0.6) is 0 Å². The molecule has 5 nitrogen and oxygen atoms in total. The van der Waals surface area contributed by atoms with Crippen LogP contribution in [0.1, 0.15) is 42.4 Å². The average molecular weight is 211 g/mol. The molecule has 0 saturated carbocycles. The van der Waals surface area contributed by atoms with Gasteiger partial charge in [0, 0.05) is 18.8 Å². The van der Waals surface area contributed by atoms with Crippen molar-refractivity contribution in [3.63, 3.8) is 0 Å². The molecule has 0 aromatic carbocycles. The van der Waals surface area contributed by atoms with Crippen molar-refractivity contribution in [3.05, 3.63) is 17.5 Å². The third kappa shape index (κ3) is 3.36. The van der Waals surface area contributed by atoms with E-state index in [9.17, 15) is 4.79 Å². The van der Waals surface area contributed by atoms with Crippen LogP contribution in [0.15, 0.2) is 6.07 Å². The van der Waals surface area contributed by atoms with Gasteiger partial charge in [-0.1, -0.05) is 13.8 Å². The lowest BCUT2D eigenvalue weighted by atomic mass is 10.1. The van der Waals surface area contributed by atoms with Crippen LogP contribution in [0.4, 0.5) is 0 Å². The Hall–Kier alpha value is -1.36. The highest BCUT2D eigenvalue weighted by Gasteiger charge is 2.10. The number of H-pyrrole nitrogens is 1. The highest BCUT2D eigenvalue weighted by molar-refractivity contribution is 5.92. The smallest absolute Gasteiger partial charge is 0.271 e. The first-order valence-corrected chi connectivity index (χ1v) is 5.09. The van der Waals surface area contributed by atoms with Crippen LogP contribution in [0.2, 0.25) is 0 Å². The molecule has 15 heavy (non-hydrogen) atoms. The summed E-state index contributed by atoms with van der Waals surface area (Å²) in [5.41, 5.74) is 1.35. The Kier molecular flexibility index (Phi) is 4.30. The number of aliphatic hydroxyl groups is 1. The van der Waals surface area contributed by atoms with Crippen molar-refractivity contribution in [3.8, 4) is 0 Å². The van der Waals surface area contributed by atoms with Crippen molar-refractivity contribution >= 4 is 5.91 Å². The molecule has 0 saturated heterocycles. The van der Waals surface area contributed by atoms with E-state index in [0.717, 1.165) is 5.69 Å². The molecule has 1 aromatic rings. The number of nitrogens with zero attached hydrogens (tertiary/aromatic N) is 1. The molecule has 0 aliphatic heterocycles. The predicted molar refractivity (Wildman–Crippen MR) is 56.7 cm³/mol. The van der Waals surface area contributed by atoms with Crippen LogP contribution in [0.25, 0.3) is 0 Å². The Morgan fingerprint density at radius 3 is 2.93 bits per heavy atom. The molecule has 3 N–H and O–H groups in total. The Labute approximate surface area is 88.9 Å².